The number of nitrogens with zero attached hydrogens (tertiary/aromatic N) is 2. The minimum absolute atomic E-state index is 0.0175. The number of carbonyl (C=O) groups is 4. The highest BCUT2D eigenvalue weighted by molar-refractivity contribution is 5.94. The van der Waals surface area contributed by atoms with Crippen molar-refractivity contribution in [1.29, 1.82) is 0 Å². The normalized spacial score (nSPS) is 13.9. The number of benzene rings is 1. The third-order valence-corrected chi connectivity index (χ3v) is 6.15. The van der Waals surface area contributed by atoms with Crippen LogP contribution in [0.5, 0.6) is 0 Å². The summed E-state index contributed by atoms with van der Waals surface area (Å²) in [5.41, 5.74) is 18.2. The van der Waals surface area contributed by atoms with Crippen LogP contribution in [0.3, 0.4) is 0 Å². The highest BCUT2D eigenvalue weighted by atomic mass is 16.4. The number of aromatic amines is 1. The van der Waals surface area contributed by atoms with Crippen molar-refractivity contribution in [1.82, 2.24) is 25.9 Å². The van der Waals surface area contributed by atoms with Crippen molar-refractivity contribution in [2.75, 3.05) is 6.54 Å². The fourth-order valence-electron chi connectivity index (χ4n) is 4.07. The SMILES string of the molecule is CC(C)CC(NC(=O)C(Cc1cnc[nH]1)NC(=O)C(N)Cc1ccccc1)C(=O)NC(CCCN=C(N)N)C(=O)O. The Labute approximate surface area is 238 Å². The molecule has 3 amide bonds. The zero-order valence-corrected chi connectivity index (χ0v) is 23.4. The van der Waals surface area contributed by atoms with Crippen LogP contribution in [0.15, 0.2) is 47.8 Å². The fourth-order valence-corrected chi connectivity index (χ4v) is 4.07. The molecule has 14 nitrogen and oxygen atoms in total. The standard InChI is InChI=1S/C27H41N9O5/c1-16(2)11-21(24(38)34-20(26(40)41)9-6-10-32-27(29)30)36-25(39)22(13-18-14-31-15-33-18)35-23(37)19(28)12-17-7-4-3-5-8-17/h3-5,7-8,14-16,19-22H,6,9-13,28H2,1-2H3,(H,31,33)(H,34,38)(H,35,37)(H,36,39)(H,40,41)(H4,29,30,32). The Morgan fingerprint density at radius 2 is 1.59 bits per heavy atom. The molecule has 14 heteroatoms. The number of rotatable bonds is 17. The maximum absolute atomic E-state index is 13.4. The Bertz CT molecular complexity index is 1150. The van der Waals surface area contributed by atoms with E-state index in [0.29, 0.717) is 12.1 Å². The van der Waals surface area contributed by atoms with Crippen molar-refractivity contribution in [3.05, 3.63) is 54.1 Å². The van der Waals surface area contributed by atoms with Crippen molar-refractivity contribution in [3.8, 4) is 0 Å². The monoisotopic (exact) mass is 571 g/mol. The van der Waals surface area contributed by atoms with Crippen molar-refractivity contribution < 1.29 is 24.3 Å². The first-order valence-electron chi connectivity index (χ1n) is 13.4. The Balaban J connectivity index is 2.14. The van der Waals surface area contributed by atoms with Gasteiger partial charge >= 0.3 is 5.97 Å². The molecule has 0 fully saturated rings. The summed E-state index contributed by atoms with van der Waals surface area (Å²) in [7, 11) is 0. The summed E-state index contributed by atoms with van der Waals surface area (Å²) in [6, 6.07) is 4.97. The predicted molar refractivity (Wildman–Crippen MR) is 153 cm³/mol. The molecule has 0 aliphatic carbocycles. The summed E-state index contributed by atoms with van der Waals surface area (Å²) in [5.74, 6) is -3.18. The molecular formula is C27H41N9O5. The fraction of sp³-hybridized carbons (Fsp3) is 0.481. The van der Waals surface area contributed by atoms with Crippen LogP contribution in [-0.2, 0) is 32.0 Å². The number of nitrogens with one attached hydrogen (secondary N) is 4. The smallest absolute Gasteiger partial charge is 0.326 e. The number of carboxylic acid groups (broad SMARTS) is 1. The van der Waals surface area contributed by atoms with Gasteiger partial charge in [0.25, 0.3) is 0 Å². The van der Waals surface area contributed by atoms with Crippen LogP contribution in [0.1, 0.15) is 44.4 Å². The van der Waals surface area contributed by atoms with E-state index in [1.807, 2.05) is 44.2 Å². The Morgan fingerprint density at radius 1 is 0.951 bits per heavy atom. The largest absolute Gasteiger partial charge is 0.480 e. The third-order valence-electron chi connectivity index (χ3n) is 6.15. The quantitative estimate of drug-likeness (QED) is 0.0669. The number of carboxylic acids is 1. The van der Waals surface area contributed by atoms with Gasteiger partial charge in [-0.3, -0.25) is 19.4 Å². The van der Waals surface area contributed by atoms with E-state index in [9.17, 15) is 24.3 Å². The van der Waals surface area contributed by atoms with E-state index in [1.165, 1.54) is 12.5 Å². The van der Waals surface area contributed by atoms with Crippen LogP contribution >= 0.6 is 0 Å². The molecule has 0 aliphatic rings. The zero-order valence-electron chi connectivity index (χ0n) is 23.4. The van der Waals surface area contributed by atoms with Gasteiger partial charge in [-0.25, -0.2) is 9.78 Å². The molecule has 0 bridgehead atoms. The molecule has 1 aromatic heterocycles. The molecule has 0 aliphatic heterocycles. The van der Waals surface area contributed by atoms with Gasteiger partial charge in [-0.2, -0.15) is 0 Å². The van der Waals surface area contributed by atoms with E-state index < -0.39 is 47.9 Å². The van der Waals surface area contributed by atoms with E-state index in [0.717, 1.165) is 5.56 Å². The molecule has 0 radical (unpaired) electrons. The lowest BCUT2D eigenvalue weighted by atomic mass is 10.0. The van der Waals surface area contributed by atoms with E-state index in [1.54, 1.807) is 0 Å². The predicted octanol–water partition coefficient (Wildman–Crippen LogP) is -0.839. The number of H-pyrrole nitrogens is 1. The number of aliphatic carboxylic acids is 1. The molecule has 1 heterocycles. The number of carbonyl (C=O) groups excluding carboxylic acids is 3. The van der Waals surface area contributed by atoms with Crippen LogP contribution in [0.25, 0.3) is 0 Å². The minimum Gasteiger partial charge on any atom is -0.480 e. The summed E-state index contributed by atoms with van der Waals surface area (Å²) >= 11 is 0. The first-order valence-corrected chi connectivity index (χ1v) is 13.4. The van der Waals surface area contributed by atoms with Crippen molar-refractivity contribution >= 4 is 29.7 Å². The van der Waals surface area contributed by atoms with Crippen molar-refractivity contribution in [2.45, 2.75) is 70.1 Å². The molecule has 4 unspecified atom stereocenters. The highest BCUT2D eigenvalue weighted by Gasteiger charge is 2.31. The van der Waals surface area contributed by atoms with Gasteiger partial charge in [0.2, 0.25) is 17.7 Å². The summed E-state index contributed by atoms with van der Waals surface area (Å²) < 4.78 is 0. The van der Waals surface area contributed by atoms with Gasteiger partial charge in [-0.15, -0.1) is 0 Å². The number of aromatic nitrogens is 2. The van der Waals surface area contributed by atoms with Gasteiger partial charge in [0.15, 0.2) is 5.96 Å². The van der Waals surface area contributed by atoms with Gasteiger partial charge in [0, 0.05) is 24.9 Å². The van der Waals surface area contributed by atoms with E-state index in [-0.39, 0.29) is 44.1 Å². The van der Waals surface area contributed by atoms with Gasteiger partial charge in [-0.05, 0) is 37.2 Å². The molecular weight excluding hydrogens is 530 g/mol. The molecule has 224 valence electrons. The van der Waals surface area contributed by atoms with Crippen LogP contribution in [0.2, 0.25) is 0 Å². The van der Waals surface area contributed by atoms with Crippen molar-refractivity contribution in [3.63, 3.8) is 0 Å². The molecule has 2 rings (SSSR count). The second-order valence-electron chi connectivity index (χ2n) is 10.2. The van der Waals surface area contributed by atoms with Crippen LogP contribution in [0.4, 0.5) is 0 Å². The Kier molecular flexibility index (Phi) is 13.3. The van der Waals surface area contributed by atoms with Gasteiger partial charge in [-0.1, -0.05) is 44.2 Å². The number of nitrogens with two attached hydrogens (primary N) is 3. The van der Waals surface area contributed by atoms with E-state index in [4.69, 9.17) is 17.2 Å². The average Bonchev–Trinajstić information content (AvgIpc) is 3.42. The number of imidazole rings is 1. The molecule has 11 N–H and O–H groups in total. The highest BCUT2D eigenvalue weighted by Crippen LogP contribution is 2.09. The zero-order chi connectivity index (χ0) is 30.4. The molecule has 0 saturated heterocycles. The second-order valence-corrected chi connectivity index (χ2v) is 10.2. The van der Waals surface area contributed by atoms with Crippen molar-refractivity contribution in [2.24, 2.45) is 28.1 Å². The second kappa shape index (κ2) is 16.6. The number of amides is 3. The summed E-state index contributed by atoms with van der Waals surface area (Å²) in [6.07, 6.45) is 3.93. The minimum atomic E-state index is -1.23. The summed E-state index contributed by atoms with van der Waals surface area (Å²) in [5, 5.41) is 17.5. The maximum Gasteiger partial charge on any atom is 0.326 e. The lowest BCUT2D eigenvalue weighted by molar-refractivity contribution is -0.142. The molecule has 2 aromatic rings. The van der Waals surface area contributed by atoms with E-state index in [2.05, 4.69) is 30.9 Å². The summed E-state index contributed by atoms with van der Waals surface area (Å²) in [6.45, 7) is 3.93. The summed E-state index contributed by atoms with van der Waals surface area (Å²) in [4.78, 5) is 62.0. The lowest BCUT2D eigenvalue weighted by Crippen LogP contribution is -2.58. The van der Waals surface area contributed by atoms with Gasteiger partial charge in [0.1, 0.15) is 18.1 Å². The van der Waals surface area contributed by atoms with E-state index >= 15 is 0 Å². The number of hydrogen-bond acceptors (Lipinski definition) is 7. The number of aliphatic imine (C=N–C) groups is 1. The van der Waals surface area contributed by atoms with Crippen LogP contribution in [-0.4, -0.2) is 75.4 Å². The molecule has 0 spiro atoms. The first kappa shape index (κ1) is 32.8. The third kappa shape index (κ3) is 12.1. The topological polar surface area (TPSA) is 244 Å². The Hall–Kier alpha value is -4.46. The molecule has 1 aromatic carbocycles. The number of hydrogen-bond donors (Lipinski definition) is 8. The van der Waals surface area contributed by atoms with Gasteiger partial charge in [0.05, 0.1) is 12.4 Å². The first-order chi connectivity index (χ1) is 19.5. The van der Waals surface area contributed by atoms with Gasteiger partial charge < -0.3 is 43.2 Å². The molecule has 0 saturated carbocycles. The average molecular weight is 572 g/mol. The van der Waals surface area contributed by atoms with Crippen LogP contribution < -0.4 is 33.2 Å². The lowest BCUT2D eigenvalue weighted by Gasteiger charge is -2.26. The maximum atomic E-state index is 13.4. The molecule has 4 atom stereocenters. The molecule has 41 heavy (non-hydrogen) atoms. The number of guanidine groups is 1. The Morgan fingerprint density at radius 3 is 2.17 bits per heavy atom. The van der Waals surface area contributed by atoms with Crippen LogP contribution in [0, 0.1) is 5.92 Å².